The zero-order chi connectivity index (χ0) is 14.0. The summed E-state index contributed by atoms with van der Waals surface area (Å²) in [4.78, 5) is 23.7. The van der Waals surface area contributed by atoms with Crippen LogP contribution in [0.2, 0.25) is 0 Å². The highest BCUT2D eigenvalue weighted by atomic mass is 32.1. The normalized spacial score (nSPS) is 12.6. The van der Waals surface area contributed by atoms with Crippen molar-refractivity contribution in [1.82, 2.24) is 5.32 Å². The molecule has 0 saturated heterocycles. The number of thiophene rings is 1. The van der Waals surface area contributed by atoms with E-state index in [1.165, 1.54) is 11.3 Å². The van der Waals surface area contributed by atoms with E-state index in [9.17, 15) is 9.59 Å². The second kappa shape index (κ2) is 5.40. The third kappa shape index (κ3) is 2.93. The predicted molar refractivity (Wildman–Crippen MR) is 75.6 cm³/mol. The van der Waals surface area contributed by atoms with Gasteiger partial charge in [-0.1, -0.05) is 32.0 Å². The maximum atomic E-state index is 12.1. The highest BCUT2D eigenvalue weighted by Crippen LogP contribution is 2.25. The Balaban J connectivity index is 2.21. The van der Waals surface area contributed by atoms with Crippen LogP contribution < -0.4 is 5.32 Å². The Morgan fingerprint density at radius 3 is 2.53 bits per heavy atom. The number of carbonyl (C=O) groups is 2. The average molecular weight is 277 g/mol. The third-order valence-electron chi connectivity index (χ3n) is 2.87. The first-order valence-corrected chi connectivity index (χ1v) is 6.83. The molecule has 0 spiro atoms. The van der Waals surface area contributed by atoms with Crippen LogP contribution in [0, 0.1) is 5.92 Å². The van der Waals surface area contributed by atoms with Crippen molar-refractivity contribution in [2.24, 2.45) is 5.92 Å². The van der Waals surface area contributed by atoms with Crippen molar-refractivity contribution in [3.63, 3.8) is 0 Å². The molecular weight excluding hydrogens is 262 g/mol. The largest absolute Gasteiger partial charge is 0.480 e. The van der Waals surface area contributed by atoms with E-state index < -0.39 is 12.0 Å². The van der Waals surface area contributed by atoms with Gasteiger partial charge >= 0.3 is 5.97 Å². The van der Waals surface area contributed by atoms with Gasteiger partial charge in [0.2, 0.25) is 0 Å². The van der Waals surface area contributed by atoms with Crippen molar-refractivity contribution in [1.29, 1.82) is 0 Å². The van der Waals surface area contributed by atoms with E-state index in [2.05, 4.69) is 5.32 Å². The Hall–Kier alpha value is -1.88. The number of hydrogen-bond acceptors (Lipinski definition) is 3. The van der Waals surface area contributed by atoms with Gasteiger partial charge in [-0.2, -0.15) is 0 Å². The SMILES string of the molecule is CC(C)[C@@H](NC(=O)c1cc2ccccc2s1)C(=O)O. The van der Waals surface area contributed by atoms with Crippen LogP contribution in [0.5, 0.6) is 0 Å². The summed E-state index contributed by atoms with van der Waals surface area (Å²) < 4.78 is 1.02. The van der Waals surface area contributed by atoms with Gasteiger partial charge in [-0.25, -0.2) is 4.79 Å². The zero-order valence-corrected chi connectivity index (χ0v) is 11.5. The molecule has 1 atom stereocenters. The quantitative estimate of drug-likeness (QED) is 0.903. The van der Waals surface area contributed by atoms with E-state index in [4.69, 9.17) is 5.11 Å². The van der Waals surface area contributed by atoms with Crippen molar-refractivity contribution >= 4 is 33.3 Å². The number of carboxylic acid groups (broad SMARTS) is 1. The first kappa shape index (κ1) is 13.5. The van der Waals surface area contributed by atoms with Gasteiger partial charge in [0.1, 0.15) is 6.04 Å². The standard InChI is InChI=1S/C14H15NO3S/c1-8(2)12(14(17)18)15-13(16)11-7-9-5-3-4-6-10(9)19-11/h3-8,12H,1-2H3,(H,15,16)(H,17,18)/t12-/m1/s1. The molecule has 100 valence electrons. The van der Waals surface area contributed by atoms with E-state index in [-0.39, 0.29) is 11.8 Å². The lowest BCUT2D eigenvalue weighted by Gasteiger charge is -2.17. The number of carbonyl (C=O) groups excluding carboxylic acids is 1. The average Bonchev–Trinajstić information content (AvgIpc) is 2.78. The van der Waals surface area contributed by atoms with Gasteiger partial charge in [0.15, 0.2) is 0 Å². The maximum Gasteiger partial charge on any atom is 0.326 e. The third-order valence-corrected chi connectivity index (χ3v) is 3.98. The summed E-state index contributed by atoms with van der Waals surface area (Å²) in [6.45, 7) is 3.54. The van der Waals surface area contributed by atoms with Crippen molar-refractivity contribution in [3.8, 4) is 0 Å². The molecule has 5 heteroatoms. The molecule has 1 amide bonds. The van der Waals surface area contributed by atoms with Gasteiger partial charge in [-0.3, -0.25) is 4.79 Å². The number of nitrogens with one attached hydrogen (secondary N) is 1. The van der Waals surface area contributed by atoms with Crippen LogP contribution in [0.25, 0.3) is 10.1 Å². The first-order chi connectivity index (χ1) is 8.99. The van der Waals surface area contributed by atoms with Crippen LogP contribution in [0.4, 0.5) is 0 Å². The number of carboxylic acids is 1. The number of benzene rings is 1. The smallest absolute Gasteiger partial charge is 0.326 e. The van der Waals surface area contributed by atoms with Crippen molar-refractivity contribution in [3.05, 3.63) is 35.2 Å². The van der Waals surface area contributed by atoms with Gasteiger partial charge < -0.3 is 10.4 Å². The van der Waals surface area contributed by atoms with E-state index in [0.29, 0.717) is 4.88 Å². The molecular formula is C14H15NO3S. The Bertz CT molecular complexity index is 585. The summed E-state index contributed by atoms with van der Waals surface area (Å²) >= 11 is 1.37. The predicted octanol–water partition coefficient (Wildman–Crippen LogP) is 2.74. The summed E-state index contributed by atoms with van der Waals surface area (Å²) in [6.07, 6.45) is 0. The highest BCUT2D eigenvalue weighted by molar-refractivity contribution is 7.20. The Labute approximate surface area is 115 Å². The Morgan fingerprint density at radius 1 is 1.26 bits per heavy atom. The lowest BCUT2D eigenvalue weighted by molar-refractivity contribution is -0.140. The number of amides is 1. The molecule has 2 rings (SSSR count). The summed E-state index contributed by atoms with van der Waals surface area (Å²) in [5.41, 5.74) is 0. The van der Waals surface area contributed by atoms with Gasteiger partial charge in [0.05, 0.1) is 4.88 Å². The molecule has 4 nitrogen and oxygen atoms in total. The van der Waals surface area contributed by atoms with Crippen LogP contribution in [-0.2, 0) is 4.79 Å². The van der Waals surface area contributed by atoms with E-state index >= 15 is 0 Å². The van der Waals surface area contributed by atoms with Crippen molar-refractivity contribution in [2.75, 3.05) is 0 Å². The summed E-state index contributed by atoms with van der Waals surface area (Å²) in [6, 6.07) is 8.61. The lowest BCUT2D eigenvalue weighted by Crippen LogP contribution is -2.44. The molecule has 0 saturated carbocycles. The fourth-order valence-corrected chi connectivity index (χ4v) is 2.79. The molecule has 0 aliphatic heterocycles. The van der Waals surface area contributed by atoms with E-state index in [1.807, 2.05) is 24.3 Å². The number of aliphatic carboxylic acids is 1. The summed E-state index contributed by atoms with van der Waals surface area (Å²) in [7, 11) is 0. The molecule has 0 bridgehead atoms. The molecule has 1 aromatic carbocycles. The van der Waals surface area contributed by atoms with Crippen LogP contribution in [-0.4, -0.2) is 23.0 Å². The molecule has 0 aliphatic carbocycles. The van der Waals surface area contributed by atoms with Gasteiger partial charge in [0, 0.05) is 4.70 Å². The van der Waals surface area contributed by atoms with Gasteiger partial charge in [-0.15, -0.1) is 11.3 Å². The topological polar surface area (TPSA) is 66.4 Å². The van der Waals surface area contributed by atoms with E-state index in [0.717, 1.165) is 10.1 Å². The van der Waals surface area contributed by atoms with Crippen molar-refractivity contribution < 1.29 is 14.7 Å². The molecule has 0 unspecified atom stereocenters. The minimum absolute atomic E-state index is 0.157. The van der Waals surface area contributed by atoms with Crippen LogP contribution >= 0.6 is 11.3 Å². The molecule has 0 aliphatic rings. The highest BCUT2D eigenvalue weighted by Gasteiger charge is 2.24. The second-order valence-corrected chi connectivity index (χ2v) is 5.77. The van der Waals surface area contributed by atoms with Crippen molar-refractivity contribution in [2.45, 2.75) is 19.9 Å². The van der Waals surface area contributed by atoms with Crippen LogP contribution in [0.1, 0.15) is 23.5 Å². The van der Waals surface area contributed by atoms with Gasteiger partial charge in [-0.05, 0) is 23.4 Å². The van der Waals surface area contributed by atoms with Crippen LogP contribution in [0.15, 0.2) is 30.3 Å². The molecule has 2 aromatic rings. The summed E-state index contributed by atoms with van der Waals surface area (Å²) in [5.74, 6) is -1.50. The number of fused-ring (bicyclic) bond motifs is 1. The number of hydrogen-bond donors (Lipinski definition) is 2. The Kier molecular flexibility index (Phi) is 3.85. The maximum absolute atomic E-state index is 12.1. The minimum Gasteiger partial charge on any atom is -0.480 e. The molecule has 1 heterocycles. The molecule has 0 fully saturated rings. The second-order valence-electron chi connectivity index (χ2n) is 4.68. The minimum atomic E-state index is -1.01. The molecule has 2 N–H and O–H groups in total. The molecule has 19 heavy (non-hydrogen) atoms. The fraction of sp³-hybridized carbons (Fsp3) is 0.286. The van der Waals surface area contributed by atoms with Crippen LogP contribution in [0.3, 0.4) is 0 Å². The fourth-order valence-electron chi connectivity index (χ4n) is 1.82. The van der Waals surface area contributed by atoms with Gasteiger partial charge in [0.25, 0.3) is 5.91 Å². The molecule has 0 radical (unpaired) electrons. The lowest BCUT2D eigenvalue weighted by atomic mass is 10.0. The Morgan fingerprint density at radius 2 is 1.95 bits per heavy atom. The number of rotatable bonds is 4. The zero-order valence-electron chi connectivity index (χ0n) is 10.7. The van der Waals surface area contributed by atoms with E-state index in [1.54, 1.807) is 19.9 Å². The first-order valence-electron chi connectivity index (χ1n) is 6.01. The monoisotopic (exact) mass is 277 g/mol. The summed E-state index contributed by atoms with van der Waals surface area (Å²) in [5, 5.41) is 12.6. The molecule has 1 aromatic heterocycles.